The first-order chi connectivity index (χ1) is 7.20. The standard InChI is InChI=1S/C10H12F2N2O/c11-7-1-2-8(9(12)10(7)13)14-3-5-15-6-4-14/h1-2H,3-6,13H2. The minimum Gasteiger partial charge on any atom is -0.394 e. The van der Waals surface area contributed by atoms with E-state index >= 15 is 0 Å². The predicted molar refractivity (Wildman–Crippen MR) is 53.8 cm³/mol. The Balaban J connectivity index is 2.31. The number of nitrogen functional groups attached to an aromatic ring is 1. The zero-order valence-corrected chi connectivity index (χ0v) is 8.17. The summed E-state index contributed by atoms with van der Waals surface area (Å²) in [7, 11) is 0. The van der Waals surface area contributed by atoms with Crippen LogP contribution in [0.5, 0.6) is 0 Å². The van der Waals surface area contributed by atoms with Crippen molar-refractivity contribution in [2.75, 3.05) is 36.9 Å². The van der Waals surface area contributed by atoms with Gasteiger partial charge >= 0.3 is 0 Å². The van der Waals surface area contributed by atoms with Crippen LogP contribution in [0.2, 0.25) is 0 Å². The minimum atomic E-state index is -0.718. The second kappa shape index (κ2) is 4.02. The van der Waals surface area contributed by atoms with Crippen LogP contribution in [0, 0.1) is 11.6 Å². The van der Waals surface area contributed by atoms with Crippen molar-refractivity contribution in [3.63, 3.8) is 0 Å². The fraction of sp³-hybridized carbons (Fsp3) is 0.400. The van der Waals surface area contributed by atoms with Crippen molar-refractivity contribution < 1.29 is 13.5 Å². The summed E-state index contributed by atoms with van der Waals surface area (Å²) in [6, 6.07) is 2.59. The van der Waals surface area contributed by atoms with Gasteiger partial charge in [0.25, 0.3) is 0 Å². The van der Waals surface area contributed by atoms with E-state index in [9.17, 15) is 8.78 Å². The van der Waals surface area contributed by atoms with Crippen molar-refractivity contribution in [2.24, 2.45) is 0 Å². The lowest BCUT2D eigenvalue weighted by Gasteiger charge is -2.29. The fourth-order valence-electron chi connectivity index (χ4n) is 1.61. The van der Waals surface area contributed by atoms with Crippen LogP contribution in [0.3, 0.4) is 0 Å². The molecule has 1 aliphatic heterocycles. The molecule has 1 fully saturated rings. The molecule has 0 amide bonds. The summed E-state index contributed by atoms with van der Waals surface area (Å²) in [5.74, 6) is -1.40. The summed E-state index contributed by atoms with van der Waals surface area (Å²) in [6.45, 7) is 2.30. The van der Waals surface area contributed by atoms with Gasteiger partial charge in [0.15, 0.2) is 5.82 Å². The van der Waals surface area contributed by atoms with Gasteiger partial charge in [0.1, 0.15) is 11.5 Å². The molecule has 3 nitrogen and oxygen atoms in total. The number of nitrogens with two attached hydrogens (primary N) is 1. The van der Waals surface area contributed by atoms with Gasteiger partial charge in [0.2, 0.25) is 0 Å². The van der Waals surface area contributed by atoms with Crippen LogP contribution in [-0.2, 0) is 4.74 Å². The molecule has 1 aliphatic rings. The Morgan fingerprint density at radius 2 is 1.87 bits per heavy atom. The molecule has 82 valence electrons. The van der Waals surface area contributed by atoms with Gasteiger partial charge in [-0.05, 0) is 12.1 Å². The Morgan fingerprint density at radius 1 is 1.20 bits per heavy atom. The van der Waals surface area contributed by atoms with Gasteiger partial charge in [-0.1, -0.05) is 0 Å². The monoisotopic (exact) mass is 214 g/mol. The van der Waals surface area contributed by atoms with Gasteiger partial charge in [-0.15, -0.1) is 0 Å². The van der Waals surface area contributed by atoms with Crippen molar-refractivity contribution in [1.29, 1.82) is 0 Å². The molecule has 0 bridgehead atoms. The first-order valence-corrected chi connectivity index (χ1v) is 4.76. The van der Waals surface area contributed by atoms with E-state index in [1.807, 2.05) is 0 Å². The SMILES string of the molecule is Nc1c(F)ccc(N2CCOCC2)c1F. The highest BCUT2D eigenvalue weighted by molar-refractivity contribution is 5.58. The van der Waals surface area contributed by atoms with E-state index in [0.717, 1.165) is 0 Å². The predicted octanol–water partition coefficient (Wildman–Crippen LogP) is 1.38. The molecule has 1 saturated heterocycles. The quantitative estimate of drug-likeness (QED) is 0.718. The Hall–Kier alpha value is -1.36. The van der Waals surface area contributed by atoms with E-state index in [2.05, 4.69) is 0 Å². The molecule has 1 aromatic carbocycles. The first-order valence-electron chi connectivity index (χ1n) is 4.76. The largest absolute Gasteiger partial charge is 0.394 e. The summed E-state index contributed by atoms with van der Waals surface area (Å²) in [4.78, 5) is 1.80. The van der Waals surface area contributed by atoms with Gasteiger partial charge in [-0.3, -0.25) is 0 Å². The molecule has 1 heterocycles. The number of ether oxygens (including phenoxy) is 1. The van der Waals surface area contributed by atoms with Crippen molar-refractivity contribution in [1.82, 2.24) is 0 Å². The molecule has 1 aromatic rings. The topological polar surface area (TPSA) is 38.5 Å². The zero-order valence-electron chi connectivity index (χ0n) is 8.17. The van der Waals surface area contributed by atoms with Crippen LogP contribution in [0.1, 0.15) is 0 Å². The molecule has 0 spiro atoms. The van der Waals surface area contributed by atoms with Crippen molar-refractivity contribution in [3.05, 3.63) is 23.8 Å². The molecular formula is C10H12F2N2O. The number of morpholine rings is 1. The van der Waals surface area contributed by atoms with Crippen molar-refractivity contribution >= 4 is 11.4 Å². The van der Waals surface area contributed by atoms with Crippen molar-refractivity contribution in [3.8, 4) is 0 Å². The second-order valence-corrected chi connectivity index (χ2v) is 3.39. The van der Waals surface area contributed by atoms with Gasteiger partial charge in [-0.2, -0.15) is 0 Å². The van der Waals surface area contributed by atoms with Gasteiger partial charge in [0.05, 0.1) is 18.9 Å². The molecule has 0 aliphatic carbocycles. The van der Waals surface area contributed by atoms with E-state index in [-0.39, 0.29) is 0 Å². The average molecular weight is 214 g/mol. The number of rotatable bonds is 1. The van der Waals surface area contributed by atoms with Crippen LogP contribution >= 0.6 is 0 Å². The molecule has 2 N–H and O–H groups in total. The summed E-state index contributed by atoms with van der Waals surface area (Å²) in [5, 5.41) is 0. The third-order valence-corrected chi connectivity index (χ3v) is 2.46. The third-order valence-electron chi connectivity index (χ3n) is 2.46. The number of hydrogen-bond acceptors (Lipinski definition) is 3. The molecule has 2 rings (SSSR count). The summed E-state index contributed by atoms with van der Waals surface area (Å²) in [5.41, 5.74) is 5.21. The Bertz CT molecular complexity index is 365. The molecule has 0 unspecified atom stereocenters. The molecule has 0 atom stereocenters. The summed E-state index contributed by atoms with van der Waals surface area (Å²) in [6.07, 6.45) is 0. The maximum Gasteiger partial charge on any atom is 0.172 e. The van der Waals surface area contributed by atoms with E-state index in [1.165, 1.54) is 12.1 Å². The lowest BCUT2D eigenvalue weighted by molar-refractivity contribution is 0.122. The fourth-order valence-corrected chi connectivity index (χ4v) is 1.61. The highest BCUT2D eigenvalue weighted by atomic mass is 19.1. The number of nitrogens with zero attached hydrogens (tertiary/aromatic N) is 1. The third kappa shape index (κ3) is 1.87. The Labute approximate surface area is 86.4 Å². The zero-order chi connectivity index (χ0) is 10.8. The number of hydrogen-bond donors (Lipinski definition) is 1. The van der Waals surface area contributed by atoms with E-state index < -0.39 is 17.3 Å². The number of benzene rings is 1. The van der Waals surface area contributed by atoms with E-state index in [0.29, 0.717) is 32.0 Å². The molecule has 15 heavy (non-hydrogen) atoms. The van der Waals surface area contributed by atoms with Crippen LogP contribution in [0.15, 0.2) is 12.1 Å². The average Bonchev–Trinajstić information content (AvgIpc) is 2.27. The normalized spacial score (nSPS) is 16.8. The highest BCUT2D eigenvalue weighted by Crippen LogP contribution is 2.26. The smallest absolute Gasteiger partial charge is 0.172 e. The second-order valence-electron chi connectivity index (χ2n) is 3.39. The Kier molecular flexibility index (Phi) is 2.73. The molecule has 5 heteroatoms. The summed E-state index contributed by atoms with van der Waals surface area (Å²) >= 11 is 0. The van der Waals surface area contributed by atoms with Gasteiger partial charge < -0.3 is 15.4 Å². The maximum absolute atomic E-state index is 13.6. The Morgan fingerprint density at radius 3 is 2.53 bits per heavy atom. The molecule has 0 saturated carbocycles. The molecular weight excluding hydrogens is 202 g/mol. The first kappa shape index (κ1) is 10.2. The van der Waals surface area contributed by atoms with Crippen LogP contribution in [0.25, 0.3) is 0 Å². The molecule has 0 aromatic heterocycles. The lowest BCUT2D eigenvalue weighted by Crippen LogP contribution is -2.36. The van der Waals surface area contributed by atoms with E-state index in [1.54, 1.807) is 4.90 Å². The maximum atomic E-state index is 13.6. The number of halogens is 2. The van der Waals surface area contributed by atoms with Crippen molar-refractivity contribution in [2.45, 2.75) is 0 Å². The van der Waals surface area contributed by atoms with E-state index in [4.69, 9.17) is 10.5 Å². The van der Waals surface area contributed by atoms with Gasteiger partial charge in [-0.25, -0.2) is 8.78 Å². The molecule has 0 radical (unpaired) electrons. The number of anilines is 2. The van der Waals surface area contributed by atoms with Crippen LogP contribution in [0.4, 0.5) is 20.2 Å². The van der Waals surface area contributed by atoms with Crippen LogP contribution < -0.4 is 10.6 Å². The van der Waals surface area contributed by atoms with Gasteiger partial charge in [0, 0.05) is 13.1 Å². The minimum absolute atomic E-state index is 0.345. The lowest BCUT2D eigenvalue weighted by atomic mass is 10.2. The highest BCUT2D eigenvalue weighted by Gasteiger charge is 2.18. The van der Waals surface area contributed by atoms with Crippen LogP contribution in [-0.4, -0.2) is 26.3 Å². The summed E-state index contributed by atoms with van der Waals surface area (Å²) < 4.78 is 31.7.